The summed E-state index contributed by atoms with van der Waals surface area (Å²) in [6.45, 7) is 3.94. The summed E-state index contributed by atoms with van der Waals surface area (Å²) in [4.78, 5) is 13.4. The van der Waals surface area contributed by atoms with E-state index in [4.69, 9.17) is 5.11 Å². The molecule has 0 saturated carbocycles. The molecule has 0 aromatic carbocycles. The Morgan fingerprint density at radius 2 is 2.43 bits per heavy atom. The molecule has 1 fully saturated rings. The maximum atomic E-state index is 11.3. The maximum Gasteiger partial charge on any atom is 0.322 e. The molecule has 1 saturated heterocycles. The molecule has 0 aliphatic carbocycles. The number of ether oxygens (including phenoxy) is 1. The van der Waals surface area contributed by atoms with Crippen molar-refractivity contribution in [2.75, 3.05) is 26.8 Å². The van der Waals surface area contributed by atoms with E-state index in [1.54, 1.807) is 0 Å². The average molecular weight is 201 g/mol. The van der Waals surface area contributed by atoms with Crippen LogP contribution in [0.1, 0.15) is 19.8 Å². The lowest BCUT2D eigenvalue weighted by molar-refractivity contribution is -0.145. The summed E-state index contributed by atoms with van der Waals surface area (Å²) >= 11 is 0. The maximum absolute atomic E-state index is 11.3. The molecular formula is C10H19NO3. The first-order valence-electron chi connectivity index (χ1n) is 5.11. The van der Waals surface area contributed by atoms with Crippen LogP contribution in [0.3, 0.4) is 0 Å². The summed E-state index contributed by atoms with van der Waals surface area (Å²) in [5.74, 6) is 0.363. The van der Waals surface area contributed by atoms with Crippen LogP contribution in [0.15, 0.2) is 0 Å². The van der Waals surface area contributed by atoms with Crippen LogP contribution in [-0.4, -0.2) is 48.8 Å². The van der Waals surface area contributed by atoms with Crippen LogP contribution in [-0.2, 0) is 9.53 Å². The molecule has 1 heterocycles. The van der Waals surface area contributed by atoms with Crippen molar-refractivity contribution in [1.82, 2.24) is 4.90 Å². The van der Waals surface area contributed by atoms with E-state index in [2.05, 4.69) is 9.64 Å². The number of aliphatic hydroxyl groups is 1. The van der Waals surface area contributed by atoms with E-state index < -0.39 is 0 Å². The zero-order valence-corrected chi connectivity index (χ0v) is 8.90. The Morgan fingerprint density at radius 1 is 1.71 bits per heavy atom. The number of hydrogen-bond donors (Lipinski definition) is 1. The fraction of sp³-hybridized carbons (Fsp3) is 0.900. The van der Waals surface area contributed by atoms with Gasteiger partial charge in [0.25, 0.3) is 0 Å². The summed E-state index contributed by atoms with van der Waals surface area (Å²) in [5, 5.41) is 8.80. The van der Waals surface area contributed by atoms with Gasteiger partial charge in [-0.25, -0.2) is 0 Å². The van der Waals surface area contributed by atoms with Crippen LogP contribution in [0.2, 0.25) is 0 Å². The Bertz CT molecular complexity index is 196. The fourth-order valence-electron chi connectivity index (χ4n) is 1.95. The average Bonchev–Trinajstić information content (AvgIpc) is 2.64. The molecule has 4 heteroatoms. The second kappa shape index (κ2) is 5.32. The van der Waals surface area contributed by atoms with Crippen molar-refractivity contribution >= 4 is 5.97 Å². The highest BCUT2D eigenvalue weighted by Crippen LogP contribution is 2.21. The van der Waals surface area contributed by atoms with E-state index in [-0.39, 0.29) is 18.6 Å². The van der Waals surface area contributed by atoms with Crippen molar-refractivity contribution in [3.63, 3.8) is 0 Å². The Morgan fingerprint density at radius 3 is 3.00 bits per heavy atom. The molecule has 14 heavy (non-hydrogen) atoms. The molecule has 1 rings (SSSR count). The molecule has 0 bridgehead atoms. The second-order valence-electron chi connectivity index (χ2n) is 3.86. The minimum Gasteiger partial charge on any atom is -0.468 e. The molecule has 1 aliphatic rings. The summed E-state index contributed by atoms with van der Waals surface area (Å²) < 4.78 is 4.69. The predicted octanol–water partition coefficient (Wildman–Crippen LogP) is 0.252. The highest BCUT2D eigenvalue weighted by Gasteiger charge is 2.29. The zero-order valence-electron chi connectivity index (χ0n) is 8.90. The molecule has 1 aliphatic heterocycles. The van der Waals surface area contributed by atoms with Crippen molar-refractivity contribution < 1.29 is 14.6 Å². The Balaban J connectivity index is 2.37. The van der Waals surface area contributed by atoms with Crippen molar-refractivity contribution in [3.05, 3.63) is 0 Å². The van der Waals surface area contributed by atoms with Crippen molar-refractivity contribution in [3.8, 4) is 0 Å². The molecule has 0 spiro atoms. The van der Waals surface area contributed by atoms with Gasteiger partial charge in [-0.15, -0.1) is 0 Å². The van der Waals surface area contributed by atoms with Crippen LogP contribution in [0.25, 0.3) is 0 Å². The molecule has 0 aromatic heterocycles. The lowest BCUT2D eigenvalue weighted by Crippen LogP contribution is -2.38. The summed E-state index contributed by atoms with van der Waals surface area (Å²) in [7, 11) is 1.42. The Hall–Kier alpha value is -0.610. The number of methoxy groups -OCH3 is 1. The van der Waals surface area contributed by atoms with Crippen molar-refractivity contribution in [2.45, 2.75) is 25.8 Å². The number of carbonyl (C=O) groups is 1. The molecule has 2 unspecified atom stereocenters. The monoisotopic (exact) mass is 201 g/mol. The minimum absolute atomic E-state index is 0.149. The van der Waals surface area contributed by atoms with Gasteiger partial charge in [0.2, 0.25) is 0 Å². The van der Waals surface area contributed by atoms with E-state index in [0.29, 0.717) is 5.92 Å². The van der Waals surface area contributed by atoms with Gasteiger partial charge in [0.05, 0.1) is 7.11 Å². The molecule has 4 nitrogen and oxygen atoms in total. The highest BCUT2D eigenvalue weighted by atomic mass is 16.5. The van der Waals surface area contributed by atoms with Crippen molar-refractivity contribution in [2.24, 2.45) is 5.92 Å². The third-order valence-corrected chi connectivity index (χ3v) is 2.94. The van der Waals surface area contributed by atoms with Gasteiger partial charge in [-0.3, -0.25) is 9.69 Å². The number of aliphatic hydroxyl groups excluding tert-OH is 1. The van der Waals surface area contributed by atoms with E-state index >= 15 is 0 Å². The van der Waals surface area contributed by atoms with Gasteiger partial charge in [0, 0.05) is 13.2 Å². The number of likely N-dealkylation sites (tertiary alicyclic amines) is 1. The van der Waals surface area contributed by atoms with E-state index in [0.717, 1.165) is 25.9 Å². The van der Waals surface area contributed by atoms with Crippen LogP contribution < -0.4 is 0 Å². The molecular weight excluding hydrogens is 182 g/mol. The standard InChI is InChI=1S/C10H19NO3/c1-8(10(13)14-2)11-5-3-9(7-11)4-6-12/h8-9,12H,3-7H2,1-2H3. The summed E-state index contributed by atoms with van der Waals surface area (Å²) in [6, 6.07) is -0.149. The van der Waals surface area contributed by atoms with E-state index in [9.17, 15) is 4.79 Å². The zero-order chi connectivity index (χ0) is 10.6. The van der Waals surface area contributed by atoms with Gasteiger partial charge in [0.1, 0.15) is 6.04 Å². The number of carbonyl (C=O) groups excluding carboxylic acids is 1. The molecule has 0 amide bonds. The molecule has 0 aromatic rings. The lowest BCUT2D eigenvalue weighted by atomic mass is 10.1. The van der Waals surface area contributed by atoms with Gasteiger partial charge in [-0.1, -0.05) is 0 Å². The Labute approximate surface area is 84.8 Å². The molecule has 0 radical (unpaired) electrons. The van der Waals surface area contributed by atoms with E-state index in [1.807, 2.05) is 6.92 Å². The lowest BCUT2D eigenvalue weighted by Gasteiger charge is -2.21. The largest absolute Gasteiger partial charge is 0.468 e. The first-order chi connectivity index (χ1) is 6.69. The second-order valence-corrected chi connectivity index (χ2v) is 3.86. The Kier molecular flexibility index (Phi) is 4.35. The highest BCUT2D eigenvalue weighted by molar-refractivity contribution is 5.75. The normalized spacial score (nSPS) is 24.9. The minimum atomic E-state index is -0.172. The van der Waals surface area contributed by atoms with Crippen LogP contribution in [0, 0.1) is 5.92 Å². The first kappa shape index (κ1) is 11.5. The predicted molar refractivity (Wildman–Crippen MR) is 52.9 cm³/mol. The van der Waals surface area contributed by atoms with Gasteiger partial charge in [-0.05, 0) is 32.2 Å². The summed E-state index contributed by atoms with van der Waals surface area (Å²) in [5.41, 5.74) is 0. The smallest absolute Gasteiger partial charge is 0.322 e. The number of rotatable bonds is 4. The summed E-state index contributed by atoms with van der Waals surface area (Å²) in [6.07, 6.45) is 1.91. The van der Waals surface area contributed by atoms with Crippen molar-refractivity contribution in [1.29, 1.82) is 0 Å². The molecule has 2 atom stereocenters. The number of esters is 1. The molecule has 82 valence electrons. The van der Waals surface area contributed by atoms with Crippen LogP contribution in [0.4, 0.5) is 0 Å². The number of hydrogen-bond acceptors (Lipinski definition) is 4. The topological polar surface area (TPSA) is 49.8 Å². The first-order valence-corrected chi connectivity index (χ1v) is 5.11. The third-order valence-electron chi connectivity index (χ3n) is 2.94. The fourth-order valence-corrected chi connectivity index (χ4v) is 1.95. The van der Waals surface area contributed by atoms with Gasteiger partial charge in [-0.2, -0.15) is 0 Å². The van der Waals surface area contributed by atoms with Gasteiger partial charge < -0.3 is 9.84 Å². The number of nitrogens with zero attached hydrogens (tertiary/aromatic N) is 1. The SMILES string of the molecule is COC(=O)C(C)N1CCC(CCO)C1. The van der Waals surface area contributed by atoms with Crippen LogP contribution in [0.5, 0.6) is 0 Å². The molecule has 1 N–H and O–H groups in total. The van der Waals surface area contributed by atoms with Crippen LogP contribution >= 0.6 is 0 Å². The quantitative estimate of drug-likeness (QED) is 0.662. The van der Waals surface area contributed by atoms with Gasteiger partial charge >= 0.3 is 5.97 Å². The van der Waals surface area contributed by atoms with E-state index in [1.165, 1.54) is 7.11 Å². The van der Waals surface area contributed by atoms with Gasteiger partial charge in [0.15, 0.2) is 0 Å². The third kappa shape index (κ3) is 2.69.